The summed E-state index contributed by atoms with van der Waals surface area (Å²) < 4.78 is 0. The standard InChI is InChI=1S/C12H14N2O6/c1-11(2)4-3-5(15)6(7(11)16)12(20)8(17)13-10(19)14-9(12)18/h16,20H,3-4H2,1-2H3,(H2,13,14,17,18,19). The molecule has 0 unspecified atom stereocenters. The van der Waals surface area contributed by atoms with Crippen molar-refractivity contribution in [1.82, 2.24) is 10.6 Å². The second-order valence-corrected chi connectivity index (χ2v) is 5.48. The fourth-order valence-corrected chi connectivity index (χ4v) is 2.26. The smallest absolute Gasteiger partial charge is 0.328 e. The van der Waals surface area contributed by atoms with E-state index < -0.39 is 46.0 Å². The molecule has 0 spiro atoms. The van der Waals surface area contributed by atoms with Gasteiger partial charge in [-0.05, 0) is 6.42 Å². The lowest BCUT2D eigenvalue weighted by molar-refractivity contribution is -0.152. The average molecular weight is 282 g/mol. The Balaban J connectivity index is 2.63. The van der Waals surface area contributed by atoms with E-state index in [1.54, 1.807) is 24.5 Å². The number of ketones is 1. The Hall–Kier alpha value is -2.22. The van der Waals surface area contributed by atoms with Crippen molar-refractivity contribution in [1.29, 1.82) is 0 Å². The van der Waals surface area contributed by atoms with Crippen molar-refractivity contribution < 1.29 is 29.4 Å². The van der Waals surface area contributed by atoms with Gasteiger partial charge >= 0.3 is 6.03 Å². The zero-order valence-corrected chi connectivity index (χ0v) is 10.9. The van der Waals surface area contributed by atoms with E-state index in [4.69, 9.17) is 0 Å². The van der Waals surface area contributed by atoms with Gasteiger partial charge in [0.2, 0.25) is 0 Å². The van der Waals surface area contributed by atoms with Gasteiger partial charge < -0.3 is 10.2 Å². The van der Waals surface area contributed by atoms with Crippen LogP contribution in [-0.4, -0.2) is 39.4 Å². The first-order valence-electron chi connectivity index (χ1n) is 5.97. The van der Waals surface area contributed by atoms with Gasteiger partial charge in [-0.1, -0.05) is 13.8 Å². The summed E-state index contributed by atoms with van der Waals surface area (Å²) in [7, 11) is 0. The summed E-state index contributed by atoms with van der Waals surface area (Å²) >= 11 is 0. The third-order valence-electron chi connectivity index (χ3n) is 3.61. The molecule has 0 bridgehead atoms. The third kappa shape index (κ3) is 1.80. The van der Waals surface area contributed by atoms with E-state index in [1.165, 1.54) is 0 Å². The van der Waals surface area contributed by atoms with Gasteiger partial charge in [-0.15, -0.1) is 0 Å². The highest BCUT2D eigenvalue weighted by molar-refractivity contribution is 6.27. The van der Waals surface area contributed by atoms with Crippen LogP contribution in [0, 0.1) is 5.41 Å². The van der Waals surface area contributed by atoms with E-state index in [0.717, 1.165) is 0 Å². The largest absolute Gasteiger partial charge is 0.511 e. The van der Waals surface area contributed by atoms with E-state index in [-0.39, 0.29) is 6.42 Å². The first kappa shape index (κ1) is 14.2. The lowest BCUT2D eigenvalue weighted by Crippen LogP contribution is -2.68. The van der Waals surface area contributed by atoms with Crippen LogP contribution in [0.25, 0.3) is 0 Å². The van der Waals surface area contributed by atoms with Crippen molar-refractivity contribution in [3.63, 3.8) is 0 Å². The van der Waals surface area contributed by atoms with Crippen LogP contribution >= 0.6 is 0 Å². The van der Waals surface area contributed by atoms with Gasteiger partial charge in [-0.3, -0.25) is 25.0 Å². The van der Waals surface area contributed by atoms with Gasteiger partial charge in [0.25, 0.3) is 17.4 Å². The lowest BCUT2D eigenvalue weighted by Gasteiger charge is -2.37. The number of imide groups is 2. The maximum Gasteiger partial charge on any atom is 0.328 e. The third-order valence-corrected chi connectivity index (χ3v) is 3.61. The van der Waals surface area contributed by atoms with E-state index in [9.17, 15) is 29.4 Å². The molecule has 4 amide bonds. The molecule has 0 aromatic carbocycles. The minimum absolute atomic E-state index is 0.0246. The van der Waals surface area contributed by atoms with Crippen LogP contribution in [0.1, 0.15) is 26.7 Å². The monoisotopic (exact) mass is 282 g/mol. The first-order valence-corrected chi connectivity index (χ1v) is 5.97. The van der Waals surface area contributed by atoms with Crippen molar-refractivity contribution in [2.24, 2.45) is 5.41 Å². The number of rotatable bonds is 1. The Morgan fingerprint density at radius 1 is 1.05 bits per heavy atom. The molecule has 0 aromatic rings. The fourth-order valence-electron chi connectivity index (χ4n) is 2.26. The molecular formula is C12H14N2O6. The summed E-state index contributed by atoms with van der Waals surface area (Å²) in [6.45, 7) is 3.23. The van der Waals surface area contributed by atoms with E-state index in [2.05, 4.69) is 0 Å². The SMILES string of the molecule is CC1(C)CCC(=O)C(C2(O)C(=O)NC(=O)NC2=O)=C1O. The maximum absolute atomic E-state index is 11.9. The number of carbonyl (C=O) groups excluding carboxylic acids is 4. The predicted octanol–water partition coefficient (Wildman–Crippen LogP) is -0.715. The average Bonchev–Trinajstić information content (AvgIpc) is 2.32. The van der Waals surface area contributed by atoms with Crippen LogP contribution < -0.4 is 10.6 Å². The van der Waals surface area contributed by atoms with Crippen molar-refractivity contribution in [3.8, 4) is 0 Å². The zero-order chi connectivity index (χ0) is 15.3. The number of aliphatic hydroxyl groups is 2. The second-order valence-electron chi connectivity index (χ2n) is 5.48. The van der Waals surface area contributed by atoms with E-state index >= 15 is 0 Å². The lowest BCUT2D eigenvalue weighted by atomic mass is 9.71. The van der Waals surface area contributed by atoms with E-state index in [1.807, 2.05) is 0 Å². The fraction of sp³-hybridized carbons (Fsp3) is 0.500. The number of hydrogen-bond donors (Lipinski definition) is 4. The maximum atomic E-state index is 11.9. The highest BCUT2D eigenvalue weighted by Crippen LogP contribution is 2.41. The van der Waals surface area contributed by atoms with Crippen LogP contribution in [-0.2, 0) is 14.4 Å². The van der Waals surface area contributed by atoms with Crippen LogP contribution in [0.2, 0.25) is 0 Å². The molecule has 1 fully saturated rings. The Bertz CT molecular complexity index is 554. The molecule has 1 aliphatic heterocycles. The second kappa shape index (κ2) is 4.14. The minimum Gasteiger partial charge on any atom is -0.511 e. The Morgan fingerprint density at radius 2 is 1.55 bits per heavy atom. The van der Waals surface area contributed by atoms with Crippen LogP contribution in [0.3, 0.4) is 0 Å². The highest BCUT2D eigenvalue weighted by Gasteiger charge is 2.57. The molecule has 20 heavy (non-hydrogen) atoms. The topological polar surface area (TPSA) is 133 Å². The molecule has 0 saturated carbocycles. The molecule has 2 rings (SSSR count). The zero-order valence-electron chi connectivity index (χ0n) is 10.9. The summed E-state index contributed by atoms with van der Waals surface area (Å²) in [4.78, 5) is 46.5. The summed E-state index contributed by atoms with van der Waals surface area (Å²) in [6, 6.07) is -1.09. The van der Waals surface area contributed by atoms with Crippen molar-refractivity contribution >= 4 is 23.6 Å². The summed E-state index contributed by atoms with van der Waals surface area (Å²) in [5, 5.41) is 23.9. The van der Waals surface area contributed by atoms with Gasteiger partial charge in [0.1, 0.15) is 5.76 Å². The van der Waals surface area contributed by atoms with Gasteiger partial charge in [0, 0.05) is 11.8 Å². The molecule has 0 aromatic heterocycles. The van der Waals surface area contributed by atoms with Gasteiger partial charge in [-0.2, -0.15) is 0 Å². The minimum atomic E-state index is -2.90. The number of allylic oxidation sites excluding steroid dienone is 1. The number of urea groups is 1. The van der Waals surface area contributed by atoms with Gasteiger partial charge in [-0.25, -0.2) is 4.79 Å². The normalized spacial score (nSPS) is 25.4. The number of amides is 4. The number of carbonyl (C=O) groups is 4. The Labute approximate surface area is 113 Å². The van der Waals surface area contributed by atoms with Crippen molar-refractivity contribution in [2.75, 3.05) is 0 Å². The molecule has 108 valence electrons. The van der Waals surface area contributed by atoms with Crippen LogP contribution in [0.5, 0.6) is 0 Å². The predicted molar refractivity (Wildman–Crippen MR) is 64.3 cm³/mol. The molecule has 0 atom stereocenters. The molecule has 1 heterocycles. The Kier molecular flexibility index (Phi) is 2.94. The molecule has 8 heteroatoms. The number of barbiturate groups is 1. The quantitative estimate of drug-likeness (QED) is 0.469. The van der Waals surface area contributed by atoms with E-state index in [0.29, 0.717) is 6.42 Å². The molecular weight excluding hydrogens is 268 g/mol. The van der Waals surface area contributed by atoms with Crippen molar-refractivity contribution in [2.45, 2.75) is 32.3 Å². The summed E-state index contributed by atoms with van der Waals surface area (Å²) in [6.07, 6.45) is 0.294. The van der Waals surface area contributed by atoms with Crippen LogP contribution in [0.15, 0.2) is 11.3 Å². The van der Waals surface area contributed by atoms with Gasteiger partial charge in [0.15, 0.2) is 5.78 Å². The highest BCUT2D eigenvalue weighted by atomic mass is 16.3. The Morgan fingerprint density at radius 3 is 2.05 bits per heavy atom. The number of aliphatic hydroxyl groups excluding tert-OH is 1. The molecule has 4 N–H and O–H groups in total. The molecule has 1 aliphatic carbocycles. The molecule has 2 aliphatic rings. The first-order chi connectivity index (χ1) is 9.10. The van der Waals surface area contributed by atoms with Crippen molar-refractivity contribution in [3.05, 3.63) is 11.3 Å². The summed E-state index contributed by atoms with van der Waals surface area (Å²) in [5.74, 6) is -3.92. The number of hydrogen-bond acceptors (Lipinski definition) is 6. The number of nitrogens with one attached hydrogen (secondary N) is 2. The van der Waals surface area contributed by atoms with Gasteiger partial charge in [0.05, 0.1) is 5.57 Å². The molecule has 8 nitrogen and oxygen atoms in total. The molecule has 1 saturated heterocycles. The van der Waals surface area contributed by atoms with Crippen LogP contribution in [0.4, 0.5) is 4.79 Å². The summed E-state index contributed by atoms with van der Waals surface area (Å²) in [5.41, 5.74) is -4.43. The molecule has 0 radical (unpaired) electrons. The number of Topliss-reactive ketones (excluding diaryl/α,β-unsaturated/α-hetero) is 1.